The number of carboxylic acid groups (broad SMARTS) is 1. The third-order valence-corrected chi connectivity index (χ3v) is 1.74. The summed E-state index contributed by atoms with van der Waals surface area (Å²) in [6.07, 6.45) is 0.176. The molecule has 0 aliphatic carbocycles. The van der Waals surface area contributed by atoms with Crippen molar-refractivity contribution in [1.82, 2.24) is 4.98 Å². The van der Waals surface area contributed by atoms with Gasteiger partial charge in [-0.3, -0.25) is 5.32 Å². The Hall–Kier alpha value is -2.18. The highest BCUT2D eigenvalue weighted by Gasteiger charge is 2.20. The first-order chi connectivity index (χ1) is 8.20. The third-order valence-electron chi connectivity index (χ3n) is 1.74. The molecule has 1 aromatic rings. The zero-order valence-corrected chi connectivity index (χ0v) is 10.2. The number of nitrogens with zero attached hydrogens (tertiary/aromatic N) is 1. The smallest absolute Gasteiger partial charge is 0.413 e. The van der Waals surface area contributed by atoms with Gasteiger partial charge in [0.15, 0.2) is 11.6 Å². The van der Waals surface area contributed by atoms with Crippen molar-refractivity contribution >= 4 is 17.9 Å². The van der Waals surface area contributed by atoms with Crippen LogP contribution in [0.25, 0.3) is 0 Å². The number of amides is 1. The van der Waals surface area contributed by atoms with Crippen LogP contribution in [0.3, 0.4) is 0 Å². The molecule has 0 fully saturated rings. The van der Waals surface area contributed by atoms with Gasteiger partial charge in [0.05, 0.1) is 0 Å². The standard InChI is InChI=1S/C11H13FN2O4/c1-11(2,3)18-10(17)14-8-7(12)6(9(15)16)4-5-13-8/h4-5H,1-3H3,(H,15,16)(H,13,14,17). The molecule has 0 aliphatic rings. The minimum atomic E-state index is -1.44. The van der Waals surface area contributed by atoms with Gasteiger partial charge in [-0.25, -0.2) is 19.0 Å². The number of carboxylic acids is 1. The summed E-state index contributed by atoms with van der Waals surface area (Å²) in [6, 6.07) is 0.998. The summed E-state index contributed by atoms with van der Waals surface area (Å²) in [7, 11) is 0. The van der Waals surface area contributed by atoms with Crippen molar-refractivity contribution in [3.8, 4) is 0 Å². The molecule has 2 N–H and O–H groups in total. The second kappa shape index (κ2) is 4.99. The van der Waals surface area contributed by atoms with Gasteiger partial charge in [-0.2, -0.15) is 0 Å². The predicted octanol–water partition coefficient (Wildman–Crippen LogP) is 2.27. The van der Waals surface area contributed by atoms with Crippen molar-refractivity contribution in [2.24, 2.45) is 0 Å². The van der Waals surface area contributed by atoms with Crippen LogP contribution >= 0.6 is 0 Å². The molecule has 1 aromatic heterocycles. The lowest BCUT2D eigenvalue weighted by molar-refractivity contribution is 0.0630. The largest absolute Gasteiger partial charge is 0.478 e. The average Bonchev–Trinajstić information content (AvgIpc) is 2.17. The molecule has 0 unspecified atom stereocenters. The summed E-state index contributed by atoms with van der Waals surface area (Å²) in [5, 5.41) is 10.8. The van der Waals surface area contributed by atoms with E-state index in [1.54, 1.807) is 20.8 Å². The first-order valence-electron chi connectivity index (χ1n) is 5.08. The molecule has 0 saturated carbocycles. The minimum absolute atomic E-state index is 0.482. The van der Waals surface area contributed by atoms with Crippen LogP contribution in [0.15, 0.2) is 12.3 Å². The van der Waals surface area contributed by atoms with Crippen LogP contribution < -0.4 is 5.32 Å². The lowest BCUT2D eigenvalue weighted by atomic mass is 10.2. The van der Waals surface area contributed by atoms with E-state index in [1.807, 2.05) is 0 Å². The fourth-order valence-electron chi connectivity index (χ4n) is 1.10. The number of ether oxygens (including phenoxy) is 1. The molecule has 0 bridgehead atoms. The maximum absolute atomic E-state index is 13.6. The number of nitrogens with one attached hydrogen (secondary N) is 1. The highest BCUT2D eigenvalue weighted by molar-refractivity contribution is 5.91. The van der Waals surface area contributed by atoms with Crippen molar-refractivity contribution in [2.75, 3.05) is 5.32 Å². The zero-order valence-electron chi connectivity index (χ0n) is 10.2. The van der Waals surface area contributed by atoms with Crippen molar-refractivity contribution in [2.45, 2.75) is 26.4 Å². The number of hydrogen-bond donors (Lipinski definition) is 2. The Morgan fingerprint density at radius 3 is 2.56 bits per heavy atom. The number of hydrogen-bond acceptors (Lipinski definition) is 4. The summed E-state index contributed by atoms with van der Waals surface area (Å²) in [5.41, 5.74) is -1.32. The topological polar surface area (TPSA) is 88.5 Å². The van der Waals surface area contributed by atoms with E-state index in [9.17, 15) is 14.0 Å². The molecule has 6 nitrogen and oxygen atoms in total. The summed E-state index contributed by atoms with van der Waals surface area (Å²) in [4.78, 5) is 25.6. The second-order valence-electron chi connectivity index (χ2n) is 4.45. The van der Waals surface area contributed by atoms with Gasteiger partial charge in [-0.1, -0.05) is 0 Å². The highest BCUT2D eigenvalue weighted by atomic mass is 19.1. The number of carbonyl (C=O) groups is 2. The first kappa shape index (κ1) is 13.9. The second-order valence-corrected chi connectivity index (χ2v) is 4.45. The van der Waals surface area contributed by atoms with E-state index < -0.39 is 34.9 Å². The van der Waals surface area contributed by atoms with Gasteiger partial charge < -0.3 is 9.84 Å². The van der Waals surface area contributed by atoms with E-state index in [4.69, 9.17) is 9.84 Å². The number of rotatable bonds is 2. The summed E-state index contributed by atoms with van der Waals surface area (Å²) in [5.74, 6) is -3.04. The molecule has 0 aliphatic heterocycles. The Morgan fingerprint density at radius 2 is 2.06 bits per heavy atom. The Bertz CT molecular complexity index is 482. The van der Waals surface area contributed by atoms with Crippen molar-refractivity contribution in [1.29, 1.82) is 0 Å². The number of carbonyl (C=O) groups excluding carboxylic acids is 1. The number of aromatic carboxylic acids is 1. The normalized spacial score (nSPS) is 10.9. The zero-order chi connectivity index (χ0) is 13.9. The third kappa shape index (κ3) is 3.69. The molecular weight excluding hydrogens is 243 g/mol. The quantitative estimate of drug-likeness (QED) is 0.847. The maximum Gasteiger partial charge on any atom is 0.413 e. The molecule has 1 heterocycles. The molecule has 1 amide bonds. The van der Waals surface area contributed by atoms with E-state index in [2.05, 4.69) is 10.3 Å². The van der Waals surface area contributed by atoms with E-state index in [0.717, 1.165) is 12.3 Å². The molecule has 0 atom stereocenters. The summed E-state index contributed by atoms with van der Waals surface area (Å²) in [6.45, 7) is 4.93. The van der Waals surface area contributed by atoms with Crippen LogP contribution in [-0.2, 0) is 4.74 Å². The molecule has 0 saturated heterocycles. The van der Waals surface area contributed by atoms with Crippen LogP contribution in [0.4, 0.5) is 15.0 Å². The predicted molar refractivity (Wildman–Crippen MR) is 61.0 cm³/mol. The van der Waals surface area contributed by atoms with Crippen molar-refractivity contribution in [3.63, 3.8) is 0 Å². The average molecular weight is 256 g/mol. The van der Waals surface area contributed by atoms with Gasteiger partial charge in [-0.05, 0) is 26.8 Å². The Morgan fingerprint density at radius 1 is 1.44 bits per heavy atom. The van der Waals surface area contributed by atoms with E-state index in [0.29, 0.717) is 0 Å². The monoisotopic (exact) mass is 256 g/mol. The maximum atomic E-state index is 13.6. The van der Waals surface area contributed by atoms with Crippen molar-refractivity contribution in [3.05, 3.63) is 23.6 Å². The molecule has 1 rings (SSSR count). The minimum Gasteiger partial charge on any atom is -0.478 e. The van der Waals surface area contributed by atoms with Gasteiger partial charge in [0.25, 0.3) is 0 Å². The number of aromatic nitrogens is 1. The number of halogens is 1. The van der Waals surface area contributed by atoms with Gasteiger partial charge in [0.2, 0.25) is 0 Å². The molecule has 98 valence electrons. The lowest BCUT2D eigenvalue weighted by Gasteiger charge is -2.19. The van der Waals surface area contributed by atoms with Crippen LogP contribution in [0.2, 0.25) is 0 Å². The first-order valence-corrected chi connectivity index (χ1v) is 5.08. The van der Waals surface area contributed by atoms with E-state index >= 15 is 0 Å². The van der Waals surface area contributed by atoms with Crippen LogP contribution in [-0.4, -0.2) is 27.8 Å². The molecular formula is C11H13FN2O4. The fourth-order valence-corrected chi connectivity index (χ4v) is 1.10. The fraction of sp³-hybridized carbons (Fsp3) is 0.364. The van der Waals surface area contributed by atoms with Crippen LogP contribution in [0, 0.1) is 5.82 Å². The SMILES string of the molecule is CC(C)(C)OC(=O)Nc1nccc(C(=O)O)c1F. The van der Waals surface area contributed by atoms with Gasteiger partial charge in [0.1, 0.15) is 11.2 Å². The Kier molecular flexibility index (Phi) is 3.85. The molecule has 0 aromatic carbocycles. The van der Waals surface area contributed by atoms with E-state index in [-0.39, 0.29) is 0 Å². The number of pyridine rings is 1. The summed E-state index contributed by atoms with van der Waals surface area (Å²) >= 11 is 0. The highest BCUT2D eigenvalue weighted by Crippen LogP contribution is 2.16. The lowest BCUT2D eigenvalue weighted by Crippen LogP contribution is -2.28. The molecule has 0 radical (unpaired) electrons. The molecule has 0 spiro atoms. The summed E-state index contributed by atoms with van der Waals surface area (Å²) < 4.78 is 18.5. The van der Waals surface area contributed by atoms with Crippen molar-refractivity contribution < 1.29 is 23.8 Å². The van der Waals surface area contributed by atoms with Crippen LogP contribution in [0.5, 0.6) is 0 Å². The Balaban J connectivity index is 2.89. The van der Waals surface area contributed by atoms with Gasteiger partial charge in [0, 0.05) is 6.20 Å². The molecule has 18 heavy (non-hydrogen) atoms. The van der Waals surface area contributed by atoms with Crippen LogP contribution in [0.1, 0.15) is 31.1 Å². The van der Waals surface area contributed by atoms with E-state index in [1.165, 1.54) is 0 Å². The Labute approximate surface area is 103 Å². The molecule has 7 heteroatoms. The number of anilines is 1. The van der Waals surface area contributed by atoms with Gasteiger partial charge in [-0.15, -0.1) is 0 Å². The van der Waals surface area contributed by atoms with Gasteiger partial charge >= 0.3 is 12.1 Å².